The van der Waals surface area contributed by atoms with Gasteiger partial charge in [-0.3, -0.25) is 4.90 Å². The van der Waals surface area contributed by atoms with Crippen molar-refractivity contribution in [2.75, 3.05) is 39.4 Å². The van der Waals surface area contributed by atoms with E-state index in [1.54, 1.807) is 0 Å². The minimum atomic E-state index is 0.293. The topological polar surface area (TPSA) is 44.7 Å². The Labute approximate surface area is 112 Å². The standard InChI is InChI=1S/C14H30N2O2/c1-4-13(5-7-17)9-15-10-14-11-16(12(2)3)6-8-18-14/h12-15,17H,4-11H2,1-3H3. The first-order valence-electron chi connectivity index (χ1n) is 7.34. The van der Waals surface area contributed by atoms with Crippen LogP contribution in [0.15, 0.2) is 0 Å². The van der Waals surface area contributed by atoms with Crippen molar-refractivity contribution in [3.05, 3.63) is 0 Å². The second kappa shape index (κ2) is 8.86. The van der Waals surface area contributed by atoms with Crippen LogP contribution in [0.1, 0.15) is 33.6 Å². The van der Waals surface area contributed by atoms with Crippen LogP contribution in [0.2, 0.25) is 0 Å². The number of rotatable bonds is 8. The molecule has 1 saturated heterocycles. The zero-order chi connectivity index (χ0) is 13.4. The normalized spacial score (nSPS) is 23.5. The molecular formula is C14H30N2O2. The predicted molar refractivity (Wildman–Crippen MR) is 74.8 cm³/mol. The number of aliphatic hydroxyl groups excluding tert-OH is 1. The van der Waals surface area contributed by atoms with Crippen LogP contribution in [0, 0.1) is 5.92 Å². The zero-order valence-corrected chi connectivity index (χ0v) is 12.2. The monoisotopic (exact) mass is 258 g/mol. The van der Waals surface area contributed by atoms with E-state index < -0.39 is 0 Å². The lowest BCUT2D eigenvalue weighted by molar-refractivity contribution is -0.0374. The third-order valence-electron chi connectivity index (χ3n) is 3.82. The Morgan fingerprint density at radius 3 is 2.83 bits per heavy atom. The van der Waals surface area contributed by atoms with Crippen LogP contribution in [0.4, 0.5) is 0 Å². The number of nitrogens with one attached hydrogen (secondary N) is 1. The van der Waals surface area contributed by atoms with Crippen LogP contribution in [0.5, 0.6) is 0 Å². The van der Waals surface area contributed by atoms with Crippen molar-refractivity contribution >= 4 is 0 Å². The van der Waals surface area contributed by atoms with Gasteiger partial charge in [-0.2, -0.15) is 0 Å². The van der Waals surface area contributed by atoms with E-state index in [1.807, 2.05) is 0 Å². The summed E-state index contributed by atoms with van der Waals surface area (Å²) in [6.45, 7) is 11.8. The summed E-state index contributed by atoms with van der Waals surface area (Å²) in [5.74, 6) is 0.583. The van der Waals surface area contributed by atoms with Gasteiger partial charge in [-0.25, -0.2) is 0 Å². The highest BCUT2D eigenvalue weighted by Crippen LogP contribution is 2.09. The van der Waals surface area contributed by atoms with E-state index in [4.69, 9.17) is 9.84 Å². The third kappa shape index (κ3) is 5.65. The molecule has 1 fully saturated rings. The highest BCUT2D eigenvalue weighted by molar-refractivity contribution is 4.76. The molecule has 1 aliphatic rings. The number of hydrogen-bond acceptors (Lipinski definition) is 4. The average molecular weight is 258 g/mol. The van der Waals surface area contributed by atoms with Crippen LogP contribution < -0.4 is 5.32 Å². The van der Waals surface area contributed by atoms with Gasteiger partial charge in [0, 0.05) is 32.3 Å². The molecular weight excluding hydrogens is 228 g/mol. The maximum absolute atomic E-state index is 8.95. The molecule has 0 bridgehead atoms. The van der Waals surface area contributed by atoms with E-state index in [2.05, 4.69) is 31.0 Å². The van der Waals surface area contributed by atoms with Gasteiger partial charge in [0.2, 0.25) is 0 Å². The Balaban J connectivity index is 2.18. The Kier molecular flexibility index (Phi) is 7.82. The fourth-order valence-corrected chi connectivity index (χ4v) is 2.42. The number of ether oxygens (including phenoxy) is 1. The van der Waals surface area contributed by atoms with Crippen LogP contribution in [-0.2, 0) is 4.74 Å². The fraction of sp³-hybridized carbons (Fsp3) is 1.00. The van der Waals surface area contributed by atoms with Gasteiger partial charge in [0.15, 0.2) is 0 Å². The predicted octanol–water partition coefficient (Wildman–Crippen LogP) is 1.09. The molecule has 2 atom stereocenters. The summed E-state index contributed by atoms with van der Waals surface area (Å²) >= 11 is 0. The minimum Gasteiger partial charge on any atom is -0.396 e. The van der Waals surface area contributed by atoms with Gasteiger partial charge in [0.25, 0.3) is 0 Å². The molecule has 1 rings (SSSR count). The van der Waals surface area contributed by atoms with Gasteiger partial charge in [-0.15, -0.1) is 0 Å². The van der Waals surface area contributed by atoms with E-state index in [0.717, 1.165) is 45.6 Å². The number of nitrogens with zero attached hydrogens (tertiary/aromatic N) is 1. The van der Waals surface area contributed by atoms with Crippen LogP contribution >= 0.6 is 0 Å². The van der Waals surface area contributed by atoms with Gasteiger partial charge < -0.3 is 15.2 Å². The minimum absolute atomic E-state index is 0.293. The lowest BCUT2D eigenvalue weighted by atomic mass is 10.0. The summed E-state index contributed by atoms with van der Waals surface area (Å²) in [7, 11) is 0. The van der Waals surface area contributed by atoms with E-state index >= 15 is 0 Å². The smallest absolute Gasteiger partial charge is 0.0826 e. The Hall–Kier alpha value is -0.160. The van der Waals surface area contributed by atoms with Crippen LogP contribution in [0.25, 0.3) is 0 Å². The molecule has 0 spiro atoms. The second-order valence-electron chi connectivity index (χ2n) is 5.53. The van der Waals surface area contributed by atoms with Gasteiger partial charge in [-0.1, -0.05) is 13.3 Å². The molecule has 0 aliphatic carbocycles. The first kappa shape index (κ1) is 15.9. The Morgan fingerprint density at radius 1 is 1.44 bits per heavy atom. The van der Waals surface area contributed by atoms with Crippen molar-refractivity contribution in [2.45, 2.75) is 45.8 Å². The quantitative estimate of drug-likeness (QED) is 0.684. The van der Waals surface area contributed by atoms with Crippen molar-refractivity contribution in [2.24, 2.45) is 5.92 Å². The summed E-state index contributed by atoms with van der Waals surface area (Å²) in [5, 5.41) is 12.4. The molecule has 0 aromatic carbocycles. The number of aliphatic hydroxyl groups is 1. The van der Waals surface area contributed by atoms with E-state index in [1.165, 1.54) is 0 Å². The number of morpholine rings is 1. The van der Waals surface area contributed by atoms with Gasteiger partial charge >= 0.3 is 0 Å². The molecule has 2 unspecified atom stereocenters. The molecule has 0 saturated carbocycles. The molecule has 0 radical (unpaired) electrons. The summed E-state index contributed by atoms with van der Waals surface area (Å²) in [6, 6.07) is 0.606. The maximum Gasteiger partial charge on any atom is 0.0826 e. The van der Waals surface area contributed by atoms with E-state index in [9.17, 15) is 0 Å². The molecule has 0 aromatic heterocycles. The lowest BCUT2D eigenvalue weighted by Gasteiger charge is -2.35. The summed E-state index contributed by atoms with van der Waals surface area (Å²) in [5.41, 5.74) is 0. The molecule has 1 heterocycles. The summed E-state index contributed by atoms with van der Waals surface area (Å²) in [4.78, 5) is 2.47. The maximum atomic E-state index is 8.95. The molecule has 2 N–H and O–H groups in total. The molecule has 0 aromatic rings. The van der Waals surface area contributed by atoms with E-state index in [-0.39, 0.29) is 0 Å². The zero-order valence-electron chi connectivity index (χ0n) is 12.2. The van der Waals surface area contributed by atoms with Crippen LogP contribution in [-0.4, -0.2) is 61.5 Å². The van der Waals surface area contributed by atoms with Crippen molar-refractivity contribution in [1.82, 2.24) is 10.2 Å². The Morgan fingerprint density at radius 2 is 2.22 bits per heavy atom. The van der Waals surface area contributed by atoms with E-state index in [0.29, 0.717) is 24.7 Å². The van der Waals surface area contributed by atoms with Crippen molar-refractivity contribution in [1.29, 1.82) is 0 Å². The summed E-state index contributed by atoms with van der Waals surface area (Å²) in [6.07, 6.45) is 2.33. The first-order chi connectivity index (χ1) is 8.67. The third-order valence-corrected chi connectivity index (χ3v) is 3.82. The highest BCUT2D eigenvalue weighted by Gasteiger charge is 2.21. The fourth-order valence-electron chi connectivity index (χ4n) is 2.42. The van der Waals surface area contributed by atoms with Gasteiger partial charge in [0.05, 0.1) is 12.7 Å². The molecule has 0 amide bonds. The van der Waals surface area contributed by atoms with Gasteiger partial charge in [-0.05, 0) is 32.7 Å². The average Bonchev–Trinajstić information content (AvgIpc) is 2.38. The summed E-state index contributed by atoms with van der Waals surface area (Å²) < 4.78 is 5.78. The van der Waals surface area contributed by atoms with Crippen molar-refractivity contribution in [3.8, 4) is 0 Å². The van der Waals surface area contributed by atoms with Crippen molar-refractivity contribution in [3.63, 3.8) is 0 Å². The molecule has 4 heteroatoms. The molecule has 108 valence electrons. The van der Waals surface area contributed by atoms with Gasteiger partial charge in [0.1, 0.15) is 0 Å². The highest BCUT2D eigenvalue weighted by atomic mass is 16.5. The molecule has 4 nitrogen and oxygen atoms in total. The number of hydrogen-bond donors (Lipinski definition) is 2. The largest absolute Gasteiger partial charge is 0.396 e. The first-order valence-corrected chi connectivity index (χ1v) is 7.34. The molecule has 1 aliphatic heterocycles. The Bertz CT molecular complexity index is 212. The van der Waals surface area contributed by atoms with Crippen LogP contribution in [0.3, 0.4) is 0 Å². The molecule has 18 heavy (non-hydrogen) atoms. The van der Waals surface area contributed by atoms with Crippen molar-refractivity contribution < 1.29 is 9.84 Å². The lowest BCUT2D eigenvalue weighted by Crippen LogP contribution is -2.49. The second-order valence-corrected chi connectivity index (χ2v) is 5.53. The SMILES string of the molecule is CCC(CCO)CNCC1CN(C(C)C)CCO1.